The number of anilines is 1. The van der Waals surface area contributed by atoms with Gasteiger partial charge in [-0.1, -0.05) is 23.7 Å². The third-order valence-corrected chi connectivity index (χ3v) is 4.79. The van der Waals surface area contributed by atoms with Crippen LogP contribution >= 0.6 is 11.6 Å². The largest absolute Gasteiger partial charge is 0.351 e. The van der Waals surface area contributed by atoms with Crippen LogP contribution in [0.1, 0.15) is 35.7 Å². The van der Waals surface area contributed by atoms with E-state index in [0.29, 0.717) is 35.7 Å². The molecule has 0 heterocycles. The highest BCUT2D eigenvalue weighted by atomic mass is 35.5. The molecule has 2 aromatic carbocycles. The summed E-state index contributed by atoms with van der Waals surface area (Å²) in [4.78, 5) is 36.4. The van der Waals surface area contributed by atoms with Crippen LogP contribution in [0.4, 0.5) is 5.69 Å². The van der Waals surface area contributed by atoms with Gasteiger partial charge < -0.3 is 10.6 Å². The maximum absolute atomic E-state index is 12.6. The summed E-state index contributed by atoms with van der Waals surface area (Å²) in [5, 5.41) is 6.23. The highest BCUT2D eigenvalue weighted by molar-refractivity contribution is 6.30. The predicted molar refractivity (Wildman–Crippen MR) is 100 cm³/mol. The Hall–Kier alpha value is -2.66. The number of carbonyl (C=O) groups is 3. The molecule has 0 saturated heterocycles. The number of hydrogen-bond acceptors (Lipinski definition) is 3. The van der Waals surface area contributed by atoms with Crippen LogP contribution < -0.4 is 10.6 Å². The second-order valence-electron chi connectivity index (χ2n) is 6.48. The molecule has 0 unspecified atom stereocenters. The zero-order valence-corrected chi connectivity index (χ0v) is 15.1. The van der Waals surface area contributed by atoms with Gasteiger partial charge in [0.15, 0.2) is 5.78 Å². The van der Waals surface area contributed by atoms with Crippen molar-refractivity contribution in [1.82, 2.24) is 5.32 Å². The summed E-state index contributed by atoms with van der Waals surface area (Å²) in [6, 6.07) is 13.8. The Morgan fingerprint density at radius 1 is 0.962 bits per heavy atom. The van der Waals surface area contributed by atoms with Gasteiger partial charge in [-0.2, -0.15) is 0 Å². The van der Waals surface area contributed by atoms with Gasteiger partial charge >= 0.3 is 0 Å². The molecule has 1 saturated carbocycles. The van der Waals surface area contributed by atoms with Gasteiger partial charge in [0.1, 0.15) is 5.41 Å². The fourth-order valence-electron chi connectivity index (χ4n) is 2.68. The number of carbonyl (C=O) groups excluding carboxylic acids is 3. The van der Waals surface area contributed by atoms with Gasteiger partial charge in [-0.15, -0.1) is 0 Å². The summed E-state index contributed by atoms with van der Waals surface area (Å²) in [5.74, 6) is -0.630. The minimum atomic E-state index is -1.01. The number of Topliss-reactive ketones (excluding diaryl/α,β-unsaturated/α-hetero) is 1. The van der Waals surface area contributed by atoms with Gasteiger partial charge in [-0.05, 0) is 61.7 Å². The fraction of sp³-hybridized carbons (Fsp3) is 0.250. The molecule has 3 rings (SSSR count). The third-order valence-electron chi connectivity index (χ3n) is 4.53. The quantitative estimate of drug-likeness (QED) is 0.602. The second kappa shape index (κ2) is 7.30. The van der Waals surface area contributed by atoms with E-state index in [2.05, 4.69) is 10.6 Å². The predicted octanol–water partition coefficient (Wildman–Crippen LogP) is 3.58. The van der Waals surface area contributed by atoms with Gasteiger partial charge in [0, 0.05) is 22.8 Å². The molecular formula is C20H19ClN2O3. The Morgan fingerprint density at radius 2 is 1.58 bits per heavy atom. The second-order valence-corrected chi connectivity index (χ2v) is 6.92. The molecule has 134 valence electrons. The van der Waals surface area contributed by atoms with Gasteiger partial charge in [-0.3, -0.25) is 14.4 Å². The molecule has 2 N–H and O–H groups in total. The van der Waals surface area contributed by atoms with Crippen LogP contribution in [-0.4, -0.2) is 17.6 Å². The lowest BCUT2D eigenvalue weighted by Gasteiger charge is -2.15. The molecule has 0 spiro atoms. The number of hydrogen-bond donors (Lipinski definition) is 2. The molecule has 5 nitrogen and oxygen atoms in total. The van der Waals surface area contributed by atoms with E-state index in [0.717, 1.165) is 5.56 Å². The molecule has 0 atom stereocenters. The van der Waals surface area contributed by atoms with Crippen LogP contribution in [0.2, 0.25) is 5.02 Å². The molecule has 0 aliphatic heterocycles. The van der Waals surface area contributed by atoms with E-state index in [-0.39, 0.29) is 17.6 Å². The molecular weight excluding hydrogens is 352 g/mol. The number of benzene rings is 2. The zero-order valence-electron chi connectivity index (χ0n) is 14.3. The van der Waals surface area contributed by atoms with Crippen LogP contribution in [-0.2, 0) is 16.1 Å². The smallest absolute Gasteiger partial charge is 0.240 e. The van der Waals surface area contributed by atoms with Crippen molar-refractivity contribution in [3.05, 3.63) is 64.7 Å². The van der Waals surface area contributed by atoms with E-state index in [1.165, 1.54) is 6.92 Å². The van der Waals surface area contributed by atoms with Crippen LogP contribution in [0.5, 0.6) is 0 Å². The number of nitrogens with one attached hydrogen (secondary N) is 2. The van der Waals surface area contributed by atoms with Crippen molar-refractivity contribution in [3.8, 4) is 0 Å². The lowest BCUT2D eigenvalue weighted by molar-refractivity contribution is -0.134. The maximum atomic E-state index is 12.6. The Kier molecular flexibility index (Phi) is 5.09. The van der Waals surface area contributed by atoms with Crippen molar-refractivity contribution < 1.29 is 14.4 Å². The molecule has 0 radical (unpaired) electrons. The summed E-state index contributed by atoms with van der Waals surface area (Å²) >= 11 is 5.84. The molecule has 0 aromatic heterocycles. The van der Waals surface area contributed by atoms with Crippen molar-refractivity contribution >= 4 is 34.9 Å². The highest BCUT2D eigenvalue weighted by Crippen LogP contribution is 2.46. The summed E-state index contributed by atoms with van der Waals surface area (Å²) in [6.07, 6.45) is 1.05. The van der Waals surface area contributed by atoms with Crippen LogP contribution in [0.15, 0.2) is 48.5 Å². The Morgan fingerprint density at radius 3 is 2.12 bits per heavy atom. The average Bonchev–Trinajstić information content (AvgIpc) is 3.43. The Balaban J connectivity index is 1.60. The number of rotatable bonds is 6. The SMILES string of the molecule is CC(=O)c1ccc(NC(=O)C2(C(=O)NCc3ccc(Cl)cc3)CC2)cc1. The Labute approximate surface area is 156 Å². The first kappa shape index (κ1) is 18.1. The first-order valence-corrected chi connectivity index (χ1v) is 8.74. The summed E-state index contributed by atoms with van der Waals surface area (Å²) < 4.78 is 0. The summed E-state index contributed by atoms with van der Waals surface area (Å²) in [7, 11) is 0. The van der Waals surface area contributed by atoms with E-state index >= 15 is 0 Å². The van der Waals surface area contributed by atoms with Crippen molar-refractivity contribution in [3.63, 3.8) is 0 Å². The van der Waals surface area contributed by atoms with E-state index in [1.807, 2.05) is 12.1 Å². The molecule has 2 aromatic rings. The lowest BCUT2D eigenvalue weighted by atomic mass is 10.0. The summed E-state index contributed by atoms with van der Waals surface area (Å²) in [6.45, 7) is 1.83. The van der Waals surface area contributed by atoms with E-state index in [1.54, 1.807) is 36.4 Å². The van der Waals surface area contributed by atoms with Crippen molar-refractivity contribution in [2.24, 2.45) is 5.41 Å². The first-order chi connectivity index (χ1) is 12.4. The van der Waals surface area contributed by atoms with E-state index in [9.17, 15) is 14.4 Å². The minimum absolute atomic E-state index is 0.0388. The van der Waals surface area contributed by atoms with Gasteiger partial charge in [-0.25, -0.2) is 0 Å². The number of halogens is 1. The molecule has 1 aliphatic carbocycles. The summed E-state index contributed by atoms with van der Waals surface area (Å²) in [5.41, 5.74) is 1.05. The number of amides is 2. The van der Waals surface area contributed by atoms with Gasteiger partial charge in [0.05, 0.1) is 0 Å². The first-order valence-electron chi connectivity index (χ1n) is 8.36. The monoisotopic (exact) mass is 370 g/mol. The third kappa shape index (κ3) is 3.94. The normalized spacial score (nSPS) is 14.4. The highest BCUT2D eigenvalue weighted by Gasteiger charge is 2.56. The minimum Gasteiger partial charge on any atom is -0.351 e. The average molecular weight is 371 g/mol. The maximum Gasteiger partial charge on any atom is 0.240 e. The van der Waals surface area contributed by atoms with Gasteiger partial charge in [0.25, 0.3) is 0 Å². The van der Waals surface area contributed by atoms with Crippen molar-refractivity contribution in [2.45, 2.75) is 26.3 Å². The molecule has 1 fully saturated rings. The molecule has 2 amide bonds. The van der Waals surface area contributed by atoms with Crippen molar-refractivity contribution in [1.29, 1.82) is 0 Å². The molecule has 26 heavy (non-hydrogen) atoms. The molecule has 0 bridgehead atoms. The number of ketones is 1. The van der Waals surface area contributed by atoms with E-state index < -0.39 is 5.41 Å². The van der Waals surface area contributed by atoms with E-state index in [4.69, 9.17) is 11.6 Å². The topological polar surface area (TPSA) is 75.3 Å². The molecule has 6 heteroatoms. The van der Waals surface area contributed by atoms with Gasteiger partial charge in [0.2, 0.25) is 11.8 Å². The fourth-order valence-corrected chi connectivity index (χ4v) is 2.80. The lowest BCUT2D eigenvalue weighted by Crippen LogP contribution is -2.39. The standard InChI is InChI=1S/C20H19ClN2O3/c1-13(24)15-4-8-17(9-5-15)23-19(26)20(10-11-20)18(25)22-12-14-2-6-16(21)7-3-14/h2-9H,10-12H2,1H3,(H,22,25)(H,23,26). The van der Waals surface area contributed by atoms with Crippen molar-refractivity contribution in [2.75, 3.05) is 5.32 Å². The Bertz CT molecular complexity index is 840. The molecule has 1 aliphatic rings. The van der Waals surface area contributed by atoms with Crippen LogP contribution in [0.25, 0.3) is 0 Å². The van der Waals surface area contributed by atoms with Crippen LogP contribution in [0.3, 0.4) is 0 Å². The van der Waals surface area contributed by atoms with Crippen LogP contribution in [0, 0.1) is 5.41 Å². The zero-order chi connectivity index (χ0) is 18.7.